The van der Waals surface area contributed by atoms with Crippen LogP contribution in [0.1, 0.15) is 31.2 Å². The van der Waals surface area contributed by atoms with E-state index in [2.05, 4.69) is 0 Å². The lowest BCUT2D eigenvalue weighted by molar-refractivity contribution is 0.0151. The van der Waals surface area contributed by atoms with Gasteiger partial charge < -0.3 is 0 Å². The van der Waals surface area contributed by atoms with Crippen LogP contribution in [0.5, 0.6) is 0 Å². The number of fused-ring (bicyclic) bond motifs is 1. The van der Waals surface area contributed by atoms with E-state index in [9.17, 15) is 17.2 Å². The van der Waals surface area contributed by atoms with Crippen molar-refractivity contribution in [2.24, 2.45) is 5.41 Å². The van der Waals surface area contributed by atoms with Crippen molar-refractivity contribution in [2.75, 3.05) is 0 Å². The molecule has 1 saturated heterocycles. The summed E-state index contributed by atoms with van der Waals surface area (Å²) in [7, 11) is -3.84. The van der Waals surface area contributed by atoms with Gasteiger partial charge in [0.25, 0.3) is 5.92 Å². The lowest BCUT2D eigenvalue weighted by Gasteiger charge is -2.32. The Morgan fingerprint density at radius 1 is 1.27 bits per heavy atom. The highest BCUT2D eigenvalue weighted by Crippen LogP contribution is 2.68. The van der Waals surface area contributed by atoms with Gasteiger partial charge in [-0.1, -0.05) is 30.3 Å². The first-order valence-electron chi connectivity index (χ1n) is 7.45. The summed E-state index contributed by atoms with van der Waals surface area (Å²) in [5.41, 5.74) is -0.177. The number of nitrogens with zero attached hydrogens (tertiary/aromatic N) is 1. The van der Waals surface area contributed by atoms with Crippen LogP contribution >= 0.6 is 0 Å². The van der Waals surface area contributed by atoms with Crippen molar-refractivity contribution in [1.29, 1.82) is 0 Å². The number of rotatable bonds is 2. The first-order valence-corrected chi connectivity index (χ1v) is 8.81. The summed E-state index contributed by atoms with van der Waals surface area (Å²) < 4.78 is 58.3. The Balaban J connectivity index is 1.61. The van der Waals surface area contributed by atoms with E-state index in [-0.39, 0.29) is 19.4 Å². The van der Waals surface area contributed by atoms with Crippen LogP contribution in [0.3, 0.4) is 0 Å². The fourth-order valence-corrected chi connectivity index (χ4v) is 5.35. The summed E-state index contributed by atoms with van der Waals surface area (Å²) in [6, 6.07) is 8.68. The molecular formula is C15H17F2NO3S. The SMILES string of the molecule is O=S1(=O)O[C@@H]2CC[C@@]3(C[C@@H]2N1Cc1ccccc1)CC3(F)F. The molecule has 4 rings (SSSR count). The molecule has 0 radical (unpaired) electrons. The monoisotopic (exact) mass is 329 g/mol. The predicted octanol–water partition coefficient (Wildman–Crippen LogP) is 2.71. The maximum absolute atomic E-state index is 13.7. The minimum atomic E-state index is -3.84. The van der Waals surface area contributed by atoms with E-state index in [4.69, 9.17) is 4.18 Å². The van der Waals surface area contributed by atoms with Crippen LogP contribution in [0.25, 0.3) is 0 Å². The fourth-order valence-electron chi connectivity index (χ4n) is 3.85. The minimum absolute atomic E-state index is 0.123. The van der Waals surface area contributed by atoms with Crippen LogP contribution in [-0.4, -0.2) is 30.8 Å². The lowest BCUT2D eigenvalue weighted by Crippen LogP contribution is -2.42. The Morgan fingerprint density at radius 2 is 1.95 bits per heavy atom. The van der Waals surface area contributed by atoms with Gasteiger partial charge in [-0.2, -0.15) is 12.7 Å². The van der Waals surface area contributed by atoms with Crippen molar-refractivity contribution in [3.05, 3.63) is 35.9 Å². The molecule has 3 atom stereocenters. The number of halogens is 2. The molecule has 3 aliphatic rings. The second-order valence-electron chi connectivity index (χ2n) is 6.59. The quantitative estimate of drug-likeness (QED) is 0.838. The normalized spacial score (nSPS) is 38.8. The summed E-state index contributed by atoms with van der Waals surface area (Å²) in [5.74, 6) is -2.65. The molecule has 0 unspecified atom stereocenters. The van der Waals surface area contributed by atoms with Crippen LogP contribution in [0.15, 0.2) is 30.3 Å². The van der Waals surface area contributed by atoms with E-state index in [0.29, 0.717) is 12.8 Å². The van der Waals surface area contributed by atoms with Gasteiger partial charge in [0.05, 0.1) is 12.1 Å². The molecule has 1 aliphatic heterocycles. The molecule has 1 aromatic rings. The van der Waals surface area contributed by atoms with E-state index < -0.39 is 33.8 Å². The molecule has 2 aliphatic carbocycles. The number of hydrogen-bond acceptors (Lipinski definition) is 3. The summed E-state index contributed by atoms with van der Waals surface area (Å²) in [5, 5.41) is 0. The van der Waals surface area contributed by atoms with Crippen LogP contribution in [0.2, 0.25) is 0 Å². The van der Waals surface area contributed by atoms with E-state index in [1.54, 1.807) is 0 Å². The van der Waals surface area contributed by atoms with Crippen molar-refractivity contribution in [1.82, 2.24) is 4.31 Å². The Labute approximate surface area is 128 Å². The van der Waals surface area contributed by atoms with Crippen molar-refractivity contribution < 1.29 is 21.4 Å². The van der Waals surface area contributed by atoms with E-state index >= 15 is 0 Å². The molecular weight excluding hydrogens is 312 g/mol. The molecule has 7 heteroatoms. The molecule has 0 bridgehead atoms. The predicted molar refractivity (Wildman–Crippen MR) is 75.4 cm³/mol. The first kappa shape index (κ1) is 14.5. The van der Waals surface area contributed by atoms with Gasteiger partial charge in [0, 0.05) is 18.4 Å². The molecule has 120 valence electrons. The van der Waals surface area contributed by atoms with Gasteiger partial charge in [0.15, 0.2) is 0 Å². The third kappa shape index (κ3) is 2.10. The average Bonchev–Trinajstić information content (AvgIpc) is 2.88. The van der Waals surface area contributed by atoms with E-state index in [1.807, 2.05) is 30.3 Å². The highest BCUT2D eigenvalue weighted by molar-refractivity contribution is 7.84. The first-order chi connectivity index (χ1) is 10.3. The molecule has 4 nitrogen and oxygen atoms in total. The number of alkyl halides is 2. The lowest BCUT2D eigenvalue weighted by atomic mass is 9.80. The second kappa shape index (κ2) is 4.49. The maximum atomic E-state index is 13.7. The smallest absolute Gasteiger partial charge is 0.253 e. The van der Waals surface area contributed by atoms with Crippen LogP contribution in [0.4, 0.5) is 8.78 Å². The largest absolute Gasteiger partial charge is 0.339 e. The third-order valence-electron chi connectivity index (χ3n) is 5.23. The van der Waals surface area contributed by atoms with Crippen LogP contribution in [0, 0.1) is 5.41 Å². The zero-order valence-electron chi connectivity index (χ0n) is 11.9. The summed E-state index contributed by atoms with van der Waals surface area (Å²) >= 11 is 0. The number of hydrogen-bond donors (Lipinski definition) is 0. The zero-order valence-corrected chi connectivity index (χ0v) is 12.7. The molecule has 1 heterocycles. The minimum Gasteiger partial charge on any atom is -0.253 e. The molecule has 0 aromatic heterocycles. The maximum Gasteiger partial charge on any atom is 0.339 e. The van der Waals surface area contributed by atoms with E-state index in [1.165, 1.54) is 4.31 Å². The van der Waals surface area contributed by atoms with Crippen LogP contribution in [-0.2, 0) is 21.0 Å². The standard InChI is InChI=1S/C15H17F2NO3S/c16-15(17)10-14(15)7-6-13-12(8-14)18(22(19,20)21-13)9-11-4-2-1-3-5-11/h1-5,12-13H,6-10H2/t12-,13+,14+/m0/s1. The van der Waals surface area contributed by atoms with Gasteiger partial charge in [-0.3, -0.25) is 4.18 Å². The van der Waals surface area contributed by atoms with Gasteiger partial charge in [0.2, 0.25) is 0 Å². The molecule has 0 amide bonds. The highest BCUT2D eigenvalue weighted by Gasteiger charge is 2.73. The Hall–Kier alpha value is -1.05. The van der Waals surface area contributed by atoms with Crippen LogP contribution < -0.4 is 0 Å². The molecule has 3 fully saturated rings. The second-order valence-corrected chi connectivity index (χ2v) is 8.11. The Kier molecular flexibility index (Phi) is 2.97. The van der Waals surface area contributed by atoms with Crippen molar-refractivity contribution in [2.45, 2.75) is 50.3 Å². The van der Waals surface area contributed by atoms with Crippen molar-refractivity contribution in [3.8, 4) is 0 Å². The summed E-state index contributed by atoms with van der Waals surface area (Å²) in [6.45, 7) is 0.173. The molecule has 22 heavy (non-hydrogen) atoms. The van der Waals surface area contributed by atoms with Gasteiger partial charge >= 0.3 is 10.3 Å². The Bertz CT molecular complexity index is 694. The fraction of sp³-hybridized carbons (Fsp3) is 0.600. The molecule has 2 saturated carbocycles. The van der Waals surface area contributed by atoms with Gasteiger partial charge in [0.1, 0.15) is 0 Å². The third-order valence-corrected chi connectivity index (χ3v) is 6.70. The zero-order chi connectivity index (χ0) is 15.6. The van der Waals surface area contributed by atoms with Crippen molar-refractivity contribution in [3.63, 3.8) is 0 Å². The van der Waals surface area contributed by atoms with Gasteiger partial charge in [-0.15, -0.1) is 0 Å². The highest BCUT2D eigenvalue weighted by atomic mass is 32.2. The topological polar surface area (TPSA) is 46.6 Å². The summed E-state index contributed by atoms with van der Waals surface area (Å²) in [4.78, 5) is 0. The van der Waals surface area contributed by atoms with Crippen molar-refractivity contribution >= 4 is 10.3 Å². The number of benzene rings is 1. The summed E-state index contributed by atoms with van der Waals surface area (Å²) in [6.07, 6.45) is 0.301. The molecule has 0 N–H and O–H groups in total. The molecule has 1 spiro atoms. The van der Waals surface area contributed by atoms with E-state index in [0.717, 1.165) is 5.56 Å². The van der Waals surface area contributed by atoms with Gasteiger partial charge in [-0.25, -0.2) is 8.78 Å². The van der Waals surface area contributed by atoms with Gasteiger partial charge in [-0.05, 0) is 24.8 Å². The average molecular weight is 329 g/mol. The Morgan fingerprint density at radius 3 is 2.59 bits per heavy atom. The molecule has 1 aromatic carbocycles.